The van der Waals surface area contributed by atoms with Gasteiger partial charge in [0.15, 0.2) is 0 Å². The molecule has 0 unspecified atom stereocenters. The minimum atomic E-state index is -0.0982. The molecule has 3 aromatic rings. The zero-order chi connectivity index (χ0) is 21.9. The third-order valence-corrected chi connectivity index (χ3v) is 5.36. The predicted molar refractivity (Wildman–Crippen MR) is 125 cm³/mol. The van der Waals surface area contributed by atoms with Gasteiger partial charge in [0, 0.05) is 42.0 Å². The Morgan fingerprint density at radius 2 is 2.03 bits per heavy atom. The molecular formula is C26H32N2O3. The number of pyridine rings is 1. The van der Waals surface area contributed by atoms with E-state index in [1.807, 2.05) is 30.5 Å². The van der Waals surface area contributed by atoms with Crippen molar-refractivity contribution in [1.29, 1.82) is 0 Å². The van der Waals surface area contributed by atoms with E-state index >= 15 is 0 Å². The van der Waals surface area contributed by atoms with E-state index in [0.717, 1.165) is 66.6 Å². The minimum absolute atomic E-state index is 0.0982. The zero-order valence-electron chi connectivity index (χ0n) is 18.5. The SMILES string of the molecule is CCCCCc1c(/C=C/C(=O)NCCCCc2cccnc2)oc2cc(OC)ccc12. The van der Waals surface area contributed by atoms with Gasteiger partial charge in [-0.05, 0) is 61.9 Å². The molecule has 5 nitrogen and oxygen atoms in total. The maximum absolute atomic E-state index is 12.3. The number of unbranched alkanes of at least 4 members (excludes halogenated alkanes) is 3. The summed E-state index contributed by atoms with van der Waals surface area (Å²) in [5.74, 6) is 1.42. The summed E-state index contributed by atoms with van der Waals surface area (Å²) in [4.78, 5) is 16.4. The molecule has 0 aliphatic rings. The van der Waals surface area contributed by atoms with Crippen molar-refractivity contribution < 1.29 is 13.9 Å². The molecule has 0 spiro atoms. The molecule has 0 aliphatic heterocycles. The number of amides is 1. The van der Waals surface area contributed by atoms with Crippen LogP contribution in [-0.4, -0.2) is 24.5 Å². The molecule has 0 fully saturated rings. The van der Waals surface area contributed by atoms with Crippen molar-refractivity contribution in [3.63, 3.8) is 0 Å². The van der Waals surface area contributed by atoms with Crippen LogP contribution in [0.1, 0.15) is 55.9 Å². The van der Waals surface area contributed by atoms with Crippen molar-refractivity contribution in [3.8, 4) is 5.75 Å². The van der Waals surface area contributed by atoms with Gasteiger partial charge in [-0.1, -0.05) is 25.8 Å². The van der Waals surface area contributed by atoms with Crippen LogP contribution in [-0.2, 0) is 17.6 Å². The molecule has 164 valence electrons. The fourth-order valence-corrected chi connectivity index (χ4v) is 3.64. The van der Waals surface area contributed by atoms with Gasteiger partial charge in [-0.15, -0.1) is 0 Å². The largest absolute Gasteiger partial charge is 0.497 e. The third-order valence-electron chi connectivity index (χ3n) is 5.36. The van der Waals surface area contributed by atoms with Crippen LogP contribution in [0.4, 0.5) is 0 Å². The van der Waals surface area contributed by atoms with Crippen molar-refractivity contribution in [3.05, 3.63) is 65.7 Å². The number of carbonyl (C=O) groups is 1. The molecule has 1 amide bonds. The van der Waals surface area contributed by atoms with E-state index in [9.17, 15) is 4.79 Å². The fourth-order valence-electron chi connectivity index (χ4n) is 3.64. The van der Waals surface area contributed by atoms with Gasteiger partial charge in [-0.25, -0.2) is 0 Å². The first kappa shape index (κ1) is 22.6. The Labute approximate surface area is 184 Å². The molecule has 31 heavy (non-hydrogen) atoms. The highest BCUT2D eigenvalue weighted by Crippen LogP contribution is 2.31. The molecule has 2 heterocycles. The number of hydrogen-bond donors (Lipinski definition) is 1. The average Bonchev–Trinajstić information content (AvgIpc) is 3.15. The van der Waals surface area contributed by atoms with Crippen LogP contribution in [0.2, 0.25) is 0 Å². The Bertz CT molecular complexity index is 993. The lowest BCUT2D eigenvalue weighted by Crippen LogP contribution is -2.22. The van der Waals surface area contributed by atoms with Crippen molar-refractivity contribution in [2.24, 2.45) is 0 Å². The standard InChI is InChI=1S/C26H32N2O3/c1-3-4-5-11-22-23-13-12-21(30-2)18-25(23)31-24(22)14-15-26(29)28-17-7-6-9-20-10-8-16-27-19-20/h8,10,12-16,18-19H,3-7,9,11,17H2,1-2H3,(H,28,29)/b15-14+. The van der Waals surface area contributed by atoms with Crippen molar-refractivity contribution in [2.45, 2.75) is 51.9 Å². The number of furan rings is 1. The molecule has 3 rings (SSSR count). The Morgan fingerprint density at radius 1 is 1.16 bits per heavy atom. The van der Waals surface area contributed by atoms with E-state index in [1.54, 1.807) is 25.5 Å². The van der Waals surface area contributed by atoms with Gasteiger partial charge in [0.05, 0.1) is 7.11 Å². The summed E-state index contributed by atoms with van der Waals surface area (Å²) in [5.41, 5.74) is 3.18. The number of fused-ring (bicyclic) bond motifs is 1. The number of nitrogens with zero attached hydrogens (tertiary/aromatic N) is 1. The molecule has 0 atom stereocenters. The van der Waals surface area contributed by atoms with Crippen LogP contribution in [0, 0.1) is 0 Å². The Kier molecular flexibility index (Phi) is 8.71. The first-order valence-corrected chi connectivity index (χ1v) is 11.2. The maximum atomic E-state index is 12.3. The van der Waals surface area contributed by atoms with Crippen LogP contribution in [0.3, 0.4) is 0 Å². The molecule has 0 radical (unpaired) electrons. The van der Waals surface area contributed by atoms with Gasteiger partial charge in [-0.3, -0.25) is 9.78 Å². The summed E-state index contributed by atoms with van der Waals surface area (Å²) in [7, 11) is 1.65. The molecule has 5 heteroatoms. The van der Waals surface area contributed by atoms with Crippen molar-refractivity contribution in [1.82, 2.24) is 10.3 Å². The number of aryl methyl sites for hydroxylation is 2. The molecule has 0 saturated carbocycles. The number of nitrogens with one attached hydrogen (secondary N) is 1. The first-order valence-electron chi connectivity index (χ1n) is 11.2. The summed E-state index contributed by atoms with van der Waals surface area (Å²) in [5, 5.41) is 4.05. The van der Waals surface area contributed by atoms with Gasteiger partial charge in [-0.2, -0.15) is 0 Å². The molecule has 1 N–H and O–H groups in total. The van der Waals surface area contributed by atoms with Crippen molar-refractivity contribution in [2.75, 3.05) is 13.7 Å². The Balaban J connectivity index is 1.57. The lowest BCUT2D eigenvalue weighted by Gasteiger charge is -2.03. The summed E-state index contributed by atoms with van der Waals surface area (Å²) in [6.07, 6.45) is 14.3. The van der Waals surface area contributed by atoms with Gasteiger partial charge in [0.1, 0.15) is 17.1 Å². The quantitative estimate of drug-likeness (QED) is 0.301. The highest BCUT2D eigenvalue weighted by atomic mass is 16.5. The predicted octanol–water partition coefficient (Wildman–Crippen LogP) is 5.72. The van der Waals surface area contributed by atoms with Crippen LogP contribution in [0.15, 0.2) is 53.2 Å². The molecule has 0 saturated heterocycles. The van der Waals surface area contributed by atoms with Gasteiger partial charge in [0.2, 0.25) is 5.91 Å². The van der Waals surface area contributed by atoms with E-state index in [1.165, 1.54) is 12.0 Å². The molecule has 0 aliphatic carbocycles. The zero-order valence-corrected chi connectivity index (χ0v) is 18.5. The highest BCUT2D eigenvalue weighted by Gasteiger charge is 2.13. The Hall–Kier alpha value is -3.08. The Morgan fingerprint density at radius 3 is 2.81 bits per heavy atom. The van der Waals surface area contributed by atoms with E-state index in [2.05, 4.69) is 23.3 Å². The van der Waals surface area contributed by atoms with Crippen LogP contribution < -0.4 is 10.1 Å². The van der Waals surface area contributed by atoms with Gasteiger partial charge in [0.25, 0.3) is 0 Å². The summed E-state index contributed by atoms with van der Waals surface area (Å²) in [6.45, 7) is 2.85. The second-order valence-electron chi connectivity index (χ2n) is 7.71. The number of carbonyl (C=O) groups excluding carboxylic acids is 1. The van der Waals surface area contributed by atoms with Crippen LogP contribution in [0.5, 0.6) is 5.75 Å². The minimum Gasteiger partial charge on any atom is -0.497 e. The van der Waals surface area contributed by atoms with E-state index in [4.69, 9.17) is 9.15 Å². The van der Waals surface area contributed by atoms with E-state index in [0.29, 0.717) is 6.54 Å². The number of methoxy groups -OCH3 is 1. The smallest absolute Gasteiger partial charge is 0.244 e. The first-order chi connectivity index (χ1) is 15.2. The lowest BCUT2D eigenvalue weighted by atomic mass is 10.0. The van der Waals surface area contributed by atoms with Crippen LogP contribution in [0.25, 0.3) is 17.0 Å². The topological polar surface area (TPSA) is 64.4 Å². The molecule has 1 aromatic carbocycles. The van der Waals surface area contributed by atoms with Crippen molar-refractivity contribution >= 4 is 23.0 Å². The third kappa shape index (κ3) is 6.71. The second kappa shape index (κ2) is 11.9. The number of ether oxygens (including phenoxy) is 1. The average molecular weight is 421 g/mol. The number of rotatable bonds is 12. The monoisotopic (exact) mass is 420 g/mol. The number of hydrogen-bond acceptors (Lipinski definition) is 4. The second-order valence-corrected chi connectivity index (χ2v) is 7.71. The highest BCUT2D eigenvalue weighted by molar-refractivity contribution is 5.93. The van der Waals surface area contributed by atoms with Gasteiger partial charge >= 0.3 is 0 Å². The van der Waals surface area contributed by atoms with E-state index < -0.39 is 0 Å². The number of benzene rings is 1. The summed E-state index contributed by atoms with van der Waals surface area (Å²) in [6, 6.07) is 9.92. The molecule has 0 bridgehead atoms. The van der Waals surface area contributed by atoms with E-state index in [-0.39, 0.29) is 5.91 Å². The summed E-state index contributed by atoms with van der Waals surface area (Å²) < 4.78 is 11.4. The molecule has 2 aromatic heterocycles. The fraction of sp³-hybridized carbons (Fsp3) is 0.385. The number of aromatic nitrogens is 1. The lowest BCUT2D eigenvalue weighted by molar-refractivity contribution is -0.116. The van der Waals surface area contributed by atoms with Gasteiger partial charge < -0.3 is 14.5 Å². The normalized spacial score (nSPS) is 11.3. The maximum Gasteiger partial charge on any atom is 0.244 e. The molecular weight excluding hydrogens is 388 g/mol. The summed E-state index contributed by atoms with van der Waals surface area (Å²) >= 11 is 0. The van der Waals surface area contributed by atoms with Crippen LogP contribution >= 0.6 is 0 Å².